The summed E-state index contributed by atoms with van der Waals surface area (Å²) in [5, 5.41) is 14.0. The molecule has 0 aromatic heterocycles. The Bertz CT molecular complexity index is 1690. The lowest BCUT2D eigenvalue weighted by atomic mass is 9.82. The highest BCUT2D eigenvalue weighted by Crippen LogP contribution is 2.39. The Labute approximate surface area is 338 Å². The minimum absolute atomic E-state index is 0.0440. The van der Waals surface area contributed by atoms with Crippen LogP contribution in [0.4, 0.5) is 31.9 Å². The van der Waals surface area contributed by atoms with Crippen LogP contribution in [0.15, 0.2) is 73.3 Å². The van der Waals surface area contributed by atoms with Gasteiger partial charge in [-0.25, -0.2) is 23.2 Å². The summed E-state index contributed by atoms with van der Waals surface area (Å²) in [7, 11) is 0. The topological polar surface area (TPSA) is 147 Å². The first kappa shape index (κ1) is 47.5. The number of halogens is 4. The molecule has 2 atom stereocenters. The van der Waals surface area contributed by atoms with Crippen molar-refractivity contribution < 1.29 is 56.1 Å². The summed E-state index contributed by atoms with van der Waals surface area (Å²) in [6.07, 6.45) is -0.965. The van der Waals surface area contributed by atoms with Crippen molar-refractivity contribution in [3.05, 3.63) is 84.4 Å². The second-order valence-corrected chi connectivity index (χ2v) is 16.6. The van der Waals surface area contributed by atoms with Crippen molar-refractivity contribution in [3.8, 4) is 0 Å². The molecule has 16 heteroatoms. The van der Waals surface area contributed by atoms with Gasteiger partial charge in [-0.15, -0.1) is 0 Å². The van der Waals surface area contributed by atoms with Crippen molar-refractivity contribution >= 4 is 24.2 Å². The van der Waals surface area contributed by atoms with Gasteiger partial charge in [0.05, 0.1) is 13.1 Å². The van der Waals surface area contributed by atoms with E-state index in [9.17, 15) is 41.8 Å². The van der Waals surface area contributed by atoms with Gasteiger partial charge >= 0.3 is 18.3 Å². The van der Waals surface area contributed by atoms with Gasteiger partial charge in [-0.05, 0) is 90.8 Å². The third-order valence-corrected chi connectivity index (χ3v) is 9.50. The van der Waals surface area contributed by atoms with E-state index in [2.05, 4.69) is 17.2 Å². The van der Waals surface area contributed by atoms with Crippen LogP contribution < -0.4 is 10.6 Å². The zero-order valence-corrected chi connectivity index (χ0v) is 34.3. The summed E-state index contributed by atoms with van der Waals surface area (Å²) < 4.78 is 74.8. The lowest BCUT2D eigenvalue weighted by Crippen LogP contribution is -2.69. The molecular formula is C42H58F4N4O8. The summed E-state index contributed by atoms with van der Waals surface area (Å²) in [6, 6.07) is 18.1. The summed E-state index contributed by atoms with van der Waals surface area (Å²) in [5.74, 6) is -7.53. The fourth-order valence-electron chi connectivity index (χ4n) is 6.56. The maximum atomic E-state index is 14.9. The molecule has 2 unspecified atom stereocenters. The zero-order chi connectivity index (χ0) is 43.4. The normalized spacial score (nSPS) is 20.1. The largest absolute Gasteiger partial charge is 0.445 e. The number of piperidine rings is 2. The number of nitrogens with one attached hydrogen (secondary N) is 2. The molecule has 0 radical (unpaired) electrons. The predicted octanol–water partition coefficient (Wildman–Crippen LogP) is 7.64. The van der Waals surface area contributed by atoms with Gasteiger partial charge < -0.3 is 39.8 Å². The van der Waals surface area contributed by atoms with Crippen molar-refractivity contribution in [3.63, 3.8) is 0 Å². The van der Waals surface area contributed by atoms with E-state index in [1.165, 1.54) is 4.90 Å². The molecule has 2 aromatic rings. The number of hydrogen-bond acceptors (Lipinski definition) is 8. The number of hydrogen-bond donors (Lipinski definition) is 3. The first-order valence-electron chi connectivity index (χ1n) is 19.3. The smallest absolute Gasteiger partial charge is 0.410 e. The molecular weight excluding hydrogens is 764 g/mol. The number of aryl methyl sites for hydroxylation is 1. The maximum absolute atomic E-state index is 14.9. The van der Waals surface area contributed by atoms with Crippen LogP contribution in [0.5, 0.6) is 0 Å². The van der Waals surface area contributed by atoms with E-state index in [0.29, 0.717) is 31.0 Å². The Morgan fingerprint density at radius 2 is 1.22 bits per heavy atom. The molecule has 2 aromatic carbocycles. The Hall–Kier alpha value is -4.86. The molecule has 3 N–H and O–H groups in total. The average molecular weight is 823 g/mol. The number of carbonyl (C=O) groups is 4. The molecule has 2 aliphatic rings. The third-order valence-electron chi connectivity index (χ3n) is 9.50. The maximum Gasteiger partial charge on any atom is 0.410 e. The molecule has 2 saturated heterocycles. The van der Waals surface area contributed by atoms with Crippen LogP contribution >= 0.6 is 0 Å². The van der Waals surface area contributed by atoms with Crippen molar-refractivity contribution in [1.29, 1.82) is 0 Å². The van der Waals surface area contributed by atoms with Gasteiger partial charge in [0.15, 0.2) is 0 Å². The van der Waals surface area contributed by atoms with E-state index < -0.39 is 71.5 Å². The highest BCUT2D eigenvalue weighted by Gasteiger charge is 2.58. The van der Waals surface area contributed by atoms with E-state index in [4.69, 9.17) is 14.2 Å². The number of aliphatic hydroxyl groups excluding tert-OH is 1. The number of rotatable bonds is 11. The summed E-state index contributed by atoms with van der Waals surface area (Å²) in [4.78, 5) is 52.0. The van der Waals surface area contributed by atoms with Gasteiger partial charge in [0.2, 0.25) is 5.91 Å². The molecule has 0 saturated carbocycles. The van der Waals surface area contributed by atoms with Gasteiger partial charge in [-0.2, -0.15) is 8.78 Å². The van der Waals surface area contributed by atoms with Crippen LogP contribution in [-0.2, 0) is 32.0 Å². The van der Waals surface area contributed by atoms with Crippen molar-refractivity contribution in [1.82, 2.24) is 20.4 Å². The highest BCUT2D eigenvalue weighted by molar-refractivity contribution is 5.78. The first-order chi connectivity index (χ1) is 27.0. The van der Waals surface area contributed by atoms with Crippen molar-refractivity contribution in [2.24, 2.45) is 0 Å². The Morgan fingerprint density at radius 3 is 1.69 bits per heavy atom. The molecule has 58 heavy (non-hydrogen) atoms. The second-order valence-electron chi connectivity index (χ2n) is 16.6. The molecule has 0 spiro atoms. The molecule has 0 aliphatic carbocycles. The number of amides is 4. The molecule has 0 bridgehead atoms. The molecule has 12 nitrogen and oxygen atoms in total. The van der Waals surface area contributed by atoms with Crippen molar-refractivity contribution in [2.45, 2.75) is 121 Å². The zero-order valence-electron chi connectivity index (χ0n) is 34.3. The number of nitrogens with zero attached hydrogens (tertiary/aromatic N) is 2. The predicted molar refractivity (Wildman–Crippen MR) is 209 cm³/mol. The van der Waals surface area contributed by atoms with Crippen LogP contribution in [0, 0.1) is 0 Å². The first-order valence-corrected chi connectivity index (χ1v) is 19.3. The fraction of sp³-hybridized carbons (Fsp3) is 0.571. The van der Waals surface area contributed by atoms with Crippen LogP contribution in [0.3, 0.4) is 0 Å². The summed E-state index contributed by atoms with van der Waals surface area (Å²) >= 11 is 0. The Morgan fingerprint density at radius 1 is 0.759 bits per heavy atom. The van der Waals surface area contributed by atoms with E-state index in [1.807, 2.05) is 30.3 Å². The van der Waals surface area contributed by atoms with Crippen molar-refractivity contribution in [2.75, 3.05) is 32.8 Å². The lowest BCUT2D eigenvalue weighted by molar-refractivity contribution is -0.140. The van der Waals surface area contributed by atoms with E-state index >= 15 is 0 Å². The van der Waals surface area contributed by atoms with Crippen LogP contribution in [0.2, 0.25) is 0 Å². The van der Waals surface area contributed by atoms with Crippen LogP contribution in [0.1, 0.15) is 84.8 Å². The van der Waals surface area contributed by atoms with E-state index in [0.717, 1.165) is 10.5 Å². The van der Waals surface area contributed by atoms with Gasteiger partial charge in [0, 0.05) is 19.5 Å². The van der Waals surface area contributed by atoms with Crippen LogP contribution in [-0.4, -0.2) is 106 Å². The lowest BCUT2D eigenvalue weighted by Gasteiger charge is -2.46. The number of ether oxygens (including phenoxy) is 3. The highest BCUT2D eigenvalue weighted by atomic mass is 19.3. The number of benzene rings is 2. The monoisotopic (exact) mass is 822 g/mol. The molecule has 4 amide bonds. The summed E-state index contributed by atoms with van der Waals surface area (Å²) in [6.45, 7) is 11.5. The minimum Gasteiger partial charge on any atom is -0.445 e. The standard InChI is InChI=1S/C22H30F2N2O3.C20H28F2N2O5/c1-5-22(23,24)21(25-18(27)13-12-17-10-7-6-8-11-17)14-9-15-26(16-21)19(28)29-20(2,3)4;1-18(2,3)29-17(27)24-11-7-10-19(13-24,20(21,22)14-25)23-16(26)28-12-15-8-5-4-6-9-15/h5-8,10-11H,1,9,12-16H2,2-4H3,(H,25,27);4-6,8-9,25H,7,10-14H2,1-3H3,(H,23,26). The molecule has 2 heterocycles. The van der Waals surface area contributed by atoms with E-state index in [1.54, 1.807) is 71.9 Å². The van der Waals surface area contributed by atoms with Gasteiger partial charge in [-0.1, -0.05) is 67.2 Å². The SMILES string of the molecule is C=CC(F)(F)C1(NC(=O)CCc2ccccc2)CCCN(C(=O)OC(C)(C)C)C1.CC(C)(C)OC(=O)N1CCCC(NC(=O)OCc2ccccc2)(C(F)(F)CO)C1. The third kappa shape index (κ3) is 13.6. The Balaban J connectivity index is 0.000000310. The fourth-order valence-corrected chi connectivity index (χ4v) is 6.56. The molecule has 322 valence electrons. The number of aliphatic hydroxyl groups is 1. The van der Waals surface area contributed by atoms with E-state index in [-0.39, 0.29) is 45.4 Å². The number of alkyl halides is 4. The molecule has 2 aliphatic heterocycles. The summed E-state index contributed by atoms with van der Waals surface area (Å²) in [5.41, 5.74) is -3.95. The molecule has 4 rings (SSSR count). The quantitative estimate of drug-likeness (QED) is 0.119. The van der Waals surface area contributed by atoms with Gasteiger partial charge in [-0.3, -0.25) is 4.79 Å². The second kappa shape index (κ2) is 19.7. The Kier molecular flexibility index (Phi) is 16.2. The minimum atomic E-state index is -3.67. The van der Waals surface area contributed by atoms with Gasteiger partial charge in [0.25, 0.3) is 11.8 Å². The number of carbonyl (C=O) groups excluding carboxylic acids is 4. The number of likely N-dealkylation sites (tertiary alicyclic amines) is 2. The van der Waals surface area contributed by atoms with Crippen LogP contribution in [0.25, 0.3) is 0 Å². The molecule has 2 fully saturated rings. The van der Waals surface area contributed by atoms with Gasteiger partial charge in [0.1, 0.15) is 35.5 Å². The number of alkyl carbamates (subject to hydrolysis) is 1. The average Bonchev–Trinajstić information content (AvgIpc) is 3.16.